The maximum atomic E-state index is 13.5. The highest BCUT2D eigenvalue weighted by molar-refractivity contribution is 7.12. The van der Waals surface area contributed by atoms with Crippen molar-refractivity contribution in [3.63, 3.8) is 0 Å². The Kier molecular flexibility index (Phi) is 4.01. The van der Waals surface area contributed by atoms with Crippen LogP contribution in [-0.2, 0) is 0 Å². The minimum Gasteiger partial charge on any atom is -0.266 e. The van der Waals surface area contributed by atoms with Crippen LogP contribution in [0.5, 0.6) is 0 Å². The Bertz CT molecular complexity index is 624. The molecule has 98 valence electrons. The Balaban J connectivity index is 2.13. The number of nitrogens with zero attached hydrogens (tertiary/aromatic N) is 1. The van der Waals surface area contributed by atoms with Crippen molar-refractivity contribution >= 4 is 23.0 Å². The molecule has 1 aromatic heterocycles. The van der Waals surface area contributed by atoms with Crippen LogP contribution in [0.3, 0.4) is 0 Å². The summed E-state index contributed by atoms with van der Waals surface area (Å²) in [6.07, 6.45) is 0. The van der Waals surface area contributed by atoms with Crippen LogP contribution in [0.25, 0.3) is 0 Å². The molecule has 0 atom stereocenters. The lowest BCUT2D eigenvalue weighted by molar-refractivity contribution is 0.0959. The van der Waals surface area contributed by atoms with Crippen molar-refractivity contribution in [2.75, 3.05) is 0 Å². The number of thiophene rings is 1. The fourth-order valence-electron chi connectivity index (χ4n) is 1.44. The summed E-state index contributed by atoms with van der Waals surface area (Å²) in [5.41, 5.74) is 2.74. The van der Waals surface area contributed by atoms with Crippen molar-refractivity contribution in [2.45, 2.75) is 6.92 Å². The highest BCUT2D eigenvalue weighted by atomic mass is 32.1. The third kappa shape index (κ3) is 3.23. The second-order valence-corrected chi connectivity index (χ2v) is 4.69. The number of benzene rings is 1. The van der Waals surface area contributed by atoms with Crippen molar-refractivity contribution in [1.82, 2.24) is 5.43 Å². The zero-order valence-electron chi connectivity index (χ0n) is 9.98. The number of rotatable bonds is 3. The van der Waals surface area contributed by atoms with Crippen LogP contribution in [-0.4, -0.2) is 11.6 Å². The molecule has 2 rings (SSSR count). The number of nitrogens with one attached hydrogen (secondary N) is 1. The molecule has 0 fully saturated rings. The molecule has 19 heavy (non-hydrogen) atoms. The third-order valence-electron chi connectivity index (χ3n) is 2.39. The summed E-state index contributed by atoms with van der Waals surface area (Å²) in [6.45, 7) is 1.53. The number of hydrazone groups is 1. The Labute approximate surface area is 112 Å². The van der Waals surface area contributed by atoms with Gasteiger partial charge < -0.3 is 0 Å². The van der Waals surface area contributed by atoms with E-state index in [-0.39, 0.29) is 17.2 Å². The van der Waals surface area contributed by atoms with Crippen LogP contribution in [0.4, 0.5) is 8.78 Å². The molecule has 0 aliphatic carbocycles. The smallest absolute Gasteiger partial charge is 0.266 e. The molecule has 6 heteroatoms. The number of hydrogen-bond donors (Lipinski definition) is 1. The Hall–Kier alpha value is -2.08. The largest absolute Gasteiger partial charge is 0.281 e. The normalized spacial score (nSPS) is 11.4. The van der Waals surface area contributed by atoms with Crippen molar-refractivity contribution in [3.8, 4) is 0 Å². The summed E-state index contributed by atoms with van der Waals surface area (Å²) in [6, 6.07) is 6.59. The summed E-state index contributed by atoms with van der Waals surface area (Å²) in [5, 5.41) is 5.57. The van der Waals surface area contributed by atoms with Crippen LogP contribution >= 0.6 is 11.3 Å². The predicted molar refractivity (Wildman–Crippen MR) is 70.4 cm³/mol. The number of hydrogen-bond acceptors (Lipinski definition) is 3. The molecule has 0 saturated heterocycles. The van der Waals surface area contributed by atoms with Gasteiger partial charge in [-0.1, -0.05) is 6.07 Å². The minimum atomic E-state index is -0.716. The molecular weight excluding hydrogens is 270 g/mol. The van der Waals surface area contributed by atoms with Crippen LogP contribution in [0.15, 0.2) is 40.8 Å². The van der Waals surface area contributed by atoms with Crippen molar-refractivity contribution < 1.29 is 13.6 Å². The minimum absolute atomic E-state index is 0.146. The van der Waals surface area contributed by atoms with Gasteiger partial charge in [0.15, 0.2) is 0 Å². The zero-order valence-corrected chi connectivity index (χ0v) is 10.8. The molecule has 0 radical (unpaired) electrons. The SMILES string of the molecule is C/C(=N/NC(=O)c1cccs1)c1ccc(F)cc1F. The molecule has 1 amide bonds. The van der Waals surface area contributed by atoms with Crippen molar-refractivity contribution in [3.05, 3.63) is 57.8 Å². The summed E-state index contributed by atoms with van der Waals surface area (Å²) in [4.78, 5) is 12.1. The van der Waals surface area contributed by atoms with Gasteiger partial charge in [-0.15, -0.1) is 11.3 Å². The van der Waals surface area contributed by atoms with Crippen LogP contribution in [0.2, 0.25) is 0 Å². The first-order chi connectivity index (χ1) is 9.08. The van der Waals surface area contributed by atoms with Gasteiger partial charge in [0.25, 0.3) is 5.91 Å². The second kappa shape index (κ2) is 5.71. The number of halogens is 2. The fraction of sp³-hybridized carbons (Fsp3) is 0.0769. The van der Waals surface area contributed by atoms with Crippen LogP contribution < -0.4 is 5.43 Å². The lowest BCUT2D eigenvalue weighted by Gasteiger charge is -2.03. The van der Waals surface area contributed by atoms with Gasteiger partial charge in [-0.25, -0.2) is 14.2 Å². The Morgan fingerprint density at radius 3 is 2.74 bits per heavy atom. The van der Waals surface area contributed by atoms with Gasteiger partial charge in [0.05, 0.1) is 10.6 Å². The molecule has 0 aliphatic rings. The van der Waals surface area contributed by atoms with Gasteiger partial charge in [0.2, 0.25) is 0 Å². The molecule has 1 heterocycles. The highest BCUT2D eigenvalue weighted by Gasteiger charge is 2.08. The fourth-order valence-corrected chi connectivity index (χ4v) is 2.05. The van der Waals surface area contributed by atoms with E-state index >= 15 is 0 Å². The molecule has 0 spiro atoms. The summed E-state index contributed by atoms with van der Waals surface area (Å²) in [5.74, 6) is -1.74. The lowest BCUT2D eigenvalue weighted by Crippen LogP contribution is -2.18. The van der Waals surface area contributed by atoms with E-state index in [9.17, 15) is 13.6 Å². The zero-order chi connectivity index (χ0) is 13.8. The van der Waals surface area contributed by atoms with Gasteiger partial charge in [-0.3, -0.25) is 4.79 Å². The Morgan fingerprint density at radius 2 is 2.11 bits per heavy atom. The number of carbonyl (C=O) groups is 1. The van der Waals surface area contributed by atoms with Gasteiger partial charge in [-0.05, 0) is 30.5 Å². The van der Waals surface area contributed by atoms with E-state index in [1.54, 1.807) is 17.5 Å². The lowest BCUT2D eigenvalue weighted by atomic mass is 10.1. The molecule has 0 aliphatic heterocycles. The van der Waals surface area contributed by atoms with Crippen LogP contribution in [0.1, 0.15) is 22.2 Å². The van der Waals surface area contributed by atoms with Crippen LogP contribution in [0, 0.1) is 11.6 Å². The number of carbonyl (C=O) groups excluding carboxylic acids is 1. The van der Waals surface area contributed by atoms with Gasteiger partial charge in [-0.2, -0.15) is 5.10 Å². The molecule has 1 aromatic carbocycles. The summed E-state index contributed by atoms with van der Waals surface area (Å²) >= 11 is 1.28. The number of amides is 1. The Morgan fingerprint density at radius 1 is 1.32 bits per heavy atom. The van der Waals surface area contributed by atoms with E-state index in [0.29, 0.717) is 4.88 Å². The monoisotopic (exact) mass is 280 g/mol. The first kappa shape index (κ1) is 13.4. The van der Waals surface area contributed by atoms with E-state index < -0.39 is 11.6 Å². The van der Waals surface area contributed by atoms with Gasteiger partial charge in [0.1, 0.15) is 11.6 Å². The van der Waals surface area contributed by atoms with Crippen molar-refractivity contribution in [1.29, 1.82) is 0 Å². The first-order valence-electron chi connectivity index (χ1n) is 5.41. The second-order valence-electron chi connectivity index (χ2n) is 3.74. The summed E-state index contributed by atoms with van der Waals surface area (Å²) < 4.78 is 26.2. The predicted octanol–water partition coefficient (Wildman–Crippen LogP) is 3.18. The van der Waals surface area contributed by atoms with E-state index in [1.165, 1.54) is 24.3 Å². The topological polar surface area (TPSA) is 41.5 Å². The average molecular weight is 280 g/mol. The van der Waals surface area contributed by atoms with E-state index in [4.69, 9.17) is 0 Å². The van der Waals surface area contributed by atoms with E-state index in [2.05, 4.69) is 10.5 Å². The first-order valence-corrected chi connectivity index (χ1v) is 6.29. The molecular formula is C13H10F2N2OS. The molecule has 3 nitrogen and oxygen atoms in total. The van der Waals surface area contributed by atoms with Gasteiger partial charge >= 0.3 is 0 Å². The standard InChI is InChI=1S/C13H10F2N2OS/c1-8(10-5-4-9(14)7-11(10)15)16-17-13(18)12-3-2-6-19-12/h2-7H,1H3,(H,17,18)/b16-8-. The third-order valence-corrected chi connectivity index (χ3v) is 3.26. The molecule has 0 saturated carbocycles. The van der Waals surface area contributed by atoms with Crippen molar-refractivity contribution in [2.24, 2.45) is 5.10 Å². The molecule has 2 aromatic rings. The molecule has 0 bridgehead atoms. The van der Waals surface area contributed by atoms with Gasteiger partial charge in [0, 0.05) is 11.6 Å². The average Bonchev–Trinajstić information content (AvgIpc) is 2.89. The summed E-state index contributed by atoms with van der Waals surface area (Å²) in [7, 11) is 0. The highest BCUT2D eigenvalue weighted by Crippen LogP contribution is 2.11. The van der Waals surface area contributed by atoms with E-state index in [0.717, 1.165) is 12.1 Å². The van der Waals surface area contributed by atoms with E-state index in [1.807, 2.05) is 0 Å². The molecule has 1 N–H and O–H groups in total. The quantitative estimate of drug-likeness (QED) is 0.681. The maximum Gasteiger partial charge on any atom is 0.281 e. The maximum absolute atomic E-state index is 13.5. The molecule has 0 unspecified atom stereocenters.